The van der Waals surface area contributed by atoms with Crippen molar-refractivity contribution in [2.24, 2.45) is 5.92 Å². The molecule has 0 unspecified atom stereocenters. The first kappa shape index (κ1) is 17.4. The van der Waals surface area contributed by atoms with Gasteiger partial charge in [0.15, 0.2) is 0 Å². The first-order valence-electron chi connectivity index (χ1n) is 9.54. The monoisotopic (exact) mass is 329 g/mol. The van der Waals surface area contributed by atoms with Gasteiger partial charge in [-0.15, -0.1) is 0 Å². The second kappa shape index (κ2) is 8.63. The van der Waals surface area contributed by atoms with E-state index in [9.17, 15) is 4.79 Å². The Hall–Kier alpha value is -1.39. The highest BCUT2D eigenvalue weighted by Crippen LogP contribution is 2.25. The molecule has 0 bridgehead atoms. The first-order chi connectivity index (χ1) is 11.7. The van der Waals surface area contributed by atoms with Crippen LogP contribution in [0.25, 0.3) is 0 Å². The van der Waals surface area contributed by atoms with Gasteiger partial charge in [0.05, 0.1) is 0 Å². The molecule has 2 fully saturated rings. The Kier molecular flexibility index (Phi) is 6.27. The molecule has 2 aliphatic rings. The van der Waals surface area contributed by atoms with Crippen molar-refractivity contribution in [2.45, 2.75) is 57.5 Å². The standard InChI is InChI=1S/C20H31N3O/c1-23(18-8-3-2-4-9-18)15-17-7-5-6-10-19(17)22-20(24)16-11-13-21-14-12-16/h5-7,10,16,18,21H,2-4,8-9,11-15H2,1H3,(H,22,24). The van der Waals surface area contributed by atoms with Gasteiger partial charge in [-0.3, -0.25) is 9.69 Å². The number of benzene rings is 1. The van der Waals surface area contributed by atoms with Crippen molar-refractivity contribution in [1.82, 2.24) is 10.2 Å². The number of amides is 1. The predicted octanol–water partition coefficient (Wildman–Crippen LogP) is 3.39. The average Bonchev–Trinajstić information content (AvgIpc) is 2.64. The summed E-state index contributed by atoms with van der Waals surface area (Å²) >= 11 is 0. The molecule has 4 heteroatoms. The van der Waals surface area contributed by atoms with E-state index in [2.05, 4.69) is 34.7 Å². The lowest BCUT2D eigenvalue weighted by molar-refractivity contribution is -0.120. The quantitative estimate of drug-likeness (QED) is 0.870. The molecule has 2 N–H and O–H groups in total. The molecule has 1 aromatic carbocycles. The Bertz CT molecular complexity index is 533. The zero-order valence-electron chi connectivity index (χ0n) is 14.9. The molecule has 1 saturated heterocycles. The maximum atomic E-state index is 12.6. The number of rotatable bonds is 5. The molecule has 0 aromatic heterocycles. The van der Waals surface area contributed by atoms with Crippen molar-refractivity contribution < 1.29 is 4.79 Å². The minimum atomic E-state index is 0.149. The average molecular weight is 329 g/mol. The van der Waals surface area contributed by atoms with E-state index in [4.69, 9.17) is 0 Å². The molecule has 1 heterocycles. The smallest absolute Gasteiger partial charge is 0.227 e. The number of hydrogen-bond donors (Lipinski definition) is 2. The van der Waals surface area contributed by atoms with Gasteiger partial charge < -0.3 is 10.6 Å². The Morgan fingerprint density at radius 2 is 1.83 bits per heavy atom. The largest absolute Gasteiger partial charge is 0.326 e. The Morgan fingerprint density at radius 3 is 2.58 bits per heavy atom. The summed E-state index contributed by atoms with van der Waals surface area (Å²) in [6.45, 7) is 2.81. The minimum absolute atomic E-state index is 0.149. The number of piperidine rings is 1. The van der Waals surface area contributed by atoms with E-state index in [1.54, 1.807) is 0 Å². The summed E-state index contributed by atoms with van der Waals surface area (Å²) in [5, 5.41) is 6.52. The highest BCUT2D eigenvalue weighted by atomic mass is 16.1. The third-order valence-corrected chi connectivity index (χ3v) is 5.60. The van der Waals surface area contributed by atoms with E-state index in [0.717, 1.165) is 38.2 Å². The van der Waals surface area contributed by atoms with E-state index in [-0.39, 0.29) is 11.8 Å². The van der Waals surface area contributed by atoms with E-state index < -0.39 is 0 Å². The van der Waals surface area contributed by atoms with E-state index in [0.29, 0.717) is 6.04 Å². The fourth-order valence-electron chi connectivity index (χ4n) is 4.02. The number of nitrogens with zero attached hydrogens (tertiary/aromatic N) is 1. The molecule has 132 valence electrons. The third-order valence-electron chi connectivity index (χ3n) is 5.60. The van der Waals surface area contributed by atoms with Crippen molar-refractivity contribution >= 4 is 11.6 Å². The van der Waals surface area contributed by atoms with Crippen LogP contribution in [0.15, 0.2) is 24.3 Å². The van der Waals surface area contributed by atoms with Crippen molar-refractivity contribution in [1.29, 1.82) is 0 Å². The zero-order valence-corrected chi connectivity index (χ0v) is 14.9. The molecule has 1 aliphatic carbocycles. The summed E-state index contributed by atoms with van der Waals surface area (Å²) < 4.78 is 0. The molecule has 1 amide bonds. The van der Waals surface area contributed by atoms with Crippen LogP contribution in [0, 0.1) is 5.92 Å². The SMILES string of the molecule is CN(Cc1ccccc1NC(=O)C1CCNCC1)C1CCCCC1. The maximum Gasteiger partial charge on any atom is 0.227 e. The van der Waals surface area contributed by atoms with Crippen LogP contribution < -0.4 is 10.6 Å². The second-order valence-corrected chi connectivity index (χ2v) is 7.38. The van der Waals surface area contributed by atoms with Gasteiger partial charge in [-0.2, -0.15) is 0 Å². The molecule has 1 aromatic rings. The van der Waals surface area contributed by atoms with E-state index in [1.165, 1.54) is 37.7 Å². The van der Waals surface area contributed by atoms with Gasteiger partial charge in [-0.25, -0.2) is 0 Å². The molecule has 1 aliphatic heterocycles. The molecule has 0 radical (unpaired) electrons. The molecule has 0 spiro atoms. The van der Waals surface area contributed by atoms with Crippen molar-refractivity contribution in [3.8, 4) is 0 Å². The summed E-state index contributed by atoms with van der Waals surface area (Å²) in [6.07, 6.45) is 8.57. The lowest BCUT2D eigenvalue weighted by atomic mass is 9.94. The summed E-state index contributed by atoms with van der Waals surface area (Å²) in [4.78, 5) is 15.0. The van der Waals surface area contributed by atoms with Gasteiger partial charge >= 0.3 is 0 Å². The predicted molar refractivity (Wildman–Crippen MR) is 99.0 cm³/mol. The number of para-hydroxylation sites is 1. The normalized spacial score (nSPS) is 20.2. The van der Waals surface area contributed by atoms with Crippen molar-refractivity contribution in [3.05, 3.63) is 29.8 Å². The molecule has 1 saturated carbocycles. The topological polar surface area (TPSA) is 44.4 Å². The summed E-state index contributed by atoms with van der Waals surface area (Å²) in [7, 11) is 2.22. The number of carbonyl (C=O) groups excluding carboxylic acids is 1. The Balaban J connectivity index is 1.62. The molecule has 0 atom stereocenters. The van der Waals surface area contributed by atoms with Gasteiger partial charge in [-0.05, 0) is 57.5 Å². The minimum Gasteiger partial charge on any atom is -0.326 e. The lowest BCUT2D eigenvalue weighted by Crippen LogP contribution is -2.35. The van der Waals surface area contributed by atoms with Crippen LogP contribution in [0.1, 0.15) is 50.5 Å². The van der Waals surface area contributed by atoms with Crippen LogP contribution in [0.4, 0.5) is 5.69 Å². The molecule has 4 nitrogen and oxygen atoms in total. The van der Waals surface area contributed by atoms with Crippen LogP contribution in [0.3, 0.4) is 0 Å². The van der Waals surface area contributed by atoms with Gasteiger partial charge in [0.25, 0.3) is 0 Å². The van der Waals surface area contributed by atoms with E-state index >= 15 is 0 Å². The highest BCUT2D eigenvalue weighted by molar-refractivity contribution is 5.93. The van der Waals surface area contributed by atoms with Gasteiger partial charge in [-0.1, -0.05) is 37.5 Å². The van der Waals surface area contributed by atoms with Crippen LogP contribution in [-0.2, 0) is 11.3 Å². The number of anilines is 1. The second-order valence-electron chi connectivity index (χ2n) is 7.38. The zero-order chi connectivity index (χ0) is 16.8. The molecular formula is C20H31N3O. The highest BCUT2D eigenvalue weighted by Gasteiger charge is 2.22. The van der Waals surface area contributed by atoms with Crippen LogP contribution >= 0.6 is 0 Å². The van der Waals surface area contributed by atoms with Gasteiger partial charge in [0.2, 0.25) is 5.91 Å². The van der Waals surface area contributed by atoms with Crippen LogP contribution in [-0.4, -0.2) is 37.0 Å². The third kappa shape index (κ3) is 4.58. The molecule has 24 heavy (non-hydrogen) atoms. The maximum absolute atomic E-state index is 12.6. The fourth-order valence-corrected chi connectivity index (χ4v) is 4.02. The Labute approximate surface area is 146 Å². The summed E-state index contributed by atoms with van der Waals surface area (Å²) in [5.74, 6) is 0.333. The lowest BCUT2D eigenvalue weighted by Gasteiger charge is -2.31. The van der Waals surface area contributed by atoms with Gasteiger partial charge in [0, 0.05) is 24.2 Å². The first-order valence-corrected chi connectivity index (χ1v) is 9.54. The fraction of sp³-hybridized carbons (Fsp3) is 0.650. The molecule has 3 rings (SSSR count). The number of nitrogens with one attached hydrogen (secondary N) is 2. The van der Waals surface area contributed by atoms with Crippen LogP contribution in [0.5, 0.6) is 0 Å². The Morgan fingerprint density at radius 1 is 1.12 bits per heavy atom. The van der Waals surface area contributed by atoms with Crippen molar-refractivity contribution in [2.75, 3.05) is 25.5 Å². The number of hydrogen-bond acceptors (Lipinski definition) is 3. The number of carbonyl (C=O) groups is 1. The summed E-state index contributed by atoms with van der Waals surface area (Å²) in [6, 6.07) is 8.97. The molecular weight excluding hydrogens is 298 g/mol. The summed E-state index contributed by atoms with van der Waals surface area (Å²) in [5.41, 5.74) is 2.22. The van der Waals surface area contributed by atoms with Gasteiger partial charge in [0.1, 0.15) is 0 Å². The van der Waals surface area contributed by atoms with Crippen LogP contribution in [0.2, 0.25) is 0 Å². The van der Waals surface area contributed by atoms with Crippen molar-refractivity contribution in [3.63, 3.8) is 0 Å². The van der Waals surface area contributed by atoms with E-state index in [1.807, 2.05) is 12.1 Å².